The number of hydrogen-bond acceptors (Lipinski definition) is 4. The smallest absolute Gasteiger partial charge is 0.262 e. The number of halogens is 1. The average molecular weight is 343 g/mol. The van der Waals surface area contributed by atoms with E-state index in [4.69, 9.17) is 16.3 Å². The minimum Gasteiger partial charge on any atom is -0.482 e. The van der Waals surface area contributed by atoms with Crippen LogP contribution in [0.3, 0.4) is 0 Å². The van der Waals surface area contributed by atoms with Crippen LogP contribution < -0.4 is 10.1 Å². The van der Waals surface area contributed by atoms with Gasteiger partial charge < -0.3 is 10.1 Å². The number of amides is 1. The lowest BCUT2D eigenvalue weighted by molar-refractivity contribution is -0.118. The molecule has 3 rings (SSSR count). The summed E-state index contributed by atoms with van der Waals surface area (Å²) in [5.74, 6) is 0.233. The molecule has 0 aliphatic carbocycles. The van der Waals surface area contributed by atoms with Crippen LogP contribution in [0.5, 0.6) is 5.75 Å². The van der Waals surface area contributed by atoms with Crippen LogP contribution in [0.25, 0.3) is 0 Å². The van der Waals surface area contributed by atoms with Gasteiger partial charge in [0.1, 0.15) is 18.4 Å². The number of nitrogens with zero attached hydrogens (tertiary/aromatic N) is 3. The van der Waals surface area contributed by atoms with E-state index in [9.17, 15) is 4.79 Å². The van der Waals surface area contributed by atoms with Crippen LogP contribution in [0, 0.1) is 0 Å². The van der Waals surface area contributed by atoms with Gasteiger partial charge in [-0.15, -0.1) is 0 Å². The van der Waals surface area contributed by atoms with Crippen molar-refractivity contribution >= 4 is 23.2 Å². The molecule has 24 heavy (non-hydrogen) atoms. The number of hydrogen-bond donors (Lipinski definition) is 1. The SMILES string of the molecule is O=C(COc1ccccc1Cl)Nc1ccc(Cn2cncn2)cc1. The van der Waals surface area contributed by atoms with E-state index in [-0.39, 0.29) is 12.5 Å². The molecule has 0 bridgehead atoms. The number of benzene rings is 2. The van der Waals surface area contributed by atoms with E-state index in [1.807, 2.05) is 24.3 Å². The number of ether oxygens (including phenoxy) is 1. The average Bonchev–Trinajstić information content (AvgIpc) is 3.09. The first kappa shape index (κ1) is 16.0. The maximum Gasteiger partial charge on any atom is 0.262 e. The number of aromatic nitrogens is 3. The number of carbonyl (C=O) groups excluding carboxylic acids is 1. The van der Waals surface area contributed by atoms with E-state index >= 15 is 0 Å². The maximum atomic E-state index is 11.9. The van der Waals surface area contributed by atoms with Gasteiger partial charge in [-0.2, -0.15) is 5.10 Å². The highest BCUT2D eigenvalue weighted by Crippen LogP contribution is 2.23. The van der Waals surface area contributed by atoms with Gasteiger partial charge >= 0.3 is 0 Å². The minimum atomic E-state index is -0.251. The molecule has 0 fully saturated rings. The summed E-state index contributed by atoms with van der Waals surface area (Å²) in [5, 5.41) is 7.30. The second-order valence-electron chi connectivity index (χ2n) is 5.06. The molecule has 0 aliphatic rings. The minimum absolute atomic E-state index is 0.107. The fourth-order valence-electron chi connectivity index (χ4n) is 2.10. The Labute approximate surface area is 144 Å². The summed E-state index contributed by atoms with van der Waals surface area (Å²) < 4.78 is 7.13. The second kappa shape index (κ2) is 7.61. The number of rotatable bonds is 6. The molecule has 0 saturated carbocycles. The Bertz CT molecular complexity index is 804. The summed E-state index contributed by atoms with van der Waals surface area (Å²) in [6.45, 7) is 0.522. The van der Waals surface area contributed by atoms with Gasteiger partial charge in [0.05, 0.1) is 11.6 Å². The quantitative estimate of drug-likeness (QED) is 0.747. The summed E-state index contributed by atoms with van der Waals surface area (Å²) in [5.41, 5.74) is 1.76. The zero-order valence-electron chi connectivity index (χ0n) is 12.7. The van der Waals surface area contributed by atoms with E-state index in [1.54, 1.807) is 35.3 Å². The van der Waals surface area contributed by atoms with Crippen LogP contribution >= 0.6 is 11.6 Å². The Kier molecular flexibility index (Phi) is 5.08. The number of carbonyl (C=O) groups is 1. The molecule has 2 aromatic carbocycles. The van der Waals surface area contributed by atoms with Crippen molar-refractivity contribution in [1.82, 2.24) is 14.8 Å². The van der Waals surface area contributed by atoms with E-state index in [2.05, 4.69) is 15.4 Å². The van der Waals surface area contributed by atoms with Gasteiger partial charge in [-0.05, 0) is 29.8 Å². The third kappa shape index (κ3) is 4.33. The van der Waals surface area contributed by atoms with E-state index in [0.717, 1.165) is 5.56 Å². The molecule has 0 aliphatic heterocycles. The second-order valence-corrected chi connectivity index (χ2v) is 5.46. The third-order valence-electron chi connectivity index (χ3n) is 3.24. The van der Waals surface area contributed by atoms with Crippen LogP contribution in [0.15, 0.2) is 61.2 Å². The van der Waals surface area contributed by atoms with Crippen molar-refractivity contribution in [2.24, 2.45) is 0 Å². The Hall–Kier alpha value is -2.86. The molecule has 0 atom stereocenters. The van der Waals surface area contributed by atoms with Crippen molar-refractivity contribution in [2.45, 2.75) is 6.54 Å². The molecule has 0 spiro atoms. The molecule has 3 aromatic rings. The zero-order chi connectivity index (χ0) is 16.8. The predicted molar refractivity (Wildman–Crippen MR) is 91.1 cm³/mol. The Morgan fingerprint density at radius 2 is 1.96 bits per heavy atom. The molecule has 0 radical (unpaired) electrons. The number of nitrogens with one attached hydrogen (secondary N) is 1. The molecule has 1 heterocycles. The van der Waals surface area contributed by atoms with Crippen molar-refractivity contribution in [3.8, 4) is 5.75 Å². The number of para-hydroxylation sites is 1. The molecular weight excluding hydrogens is 328 g/mol. The van der Waals surface area contributed by atoms with Gasteiger partial charge in [-0.3, -0.25) is 4.79 Å². The highest BCUT2D eigenvalue weighted by Gasteiger charge is 2.06. The molecule has 0 unspecified atom stereocenters. The van der Waals surface area contributed by atoms with Gasteiger partial charge in [0, 0.05) is 5.69 Å². The van der Waals surface area contributed by atoms with E-state index in [1.165, 1.54) is 6.33 Å². The van der Waals surface area contributed by atoms with Crippen molar-refractivity contribution < 1.29 is 9.53 Å². The highest BCUT2D eigenvalue weighted by molar-refractivity contribution is 6.32. The fraction of sp³-hybridized carbons (Fsp3) is 0.118. The van der Waals surface area contributed by atoms with Crippen molar-refractivity contribution in [2.75, 3.05) is 11.9 Å². The first-order chi connectivity index (χ1) is 11.7. The van der Waals surface area contributed by atoms with Crippen LogP contribution in [0.1, 0.15) is 5.56 Å². The van der Waals surface area contributed by atoms with Crippen LogP contribution in [-0.4, -0.2) is 27.3 Å². The molecule has 6 nitrogen and oxygen atoms in total. The summed E-state index contributed by atoms with van der Waals surface area (Å²) in [6, 6.07) is 14.5. The Morgan fingerprint density at radius 3 is 2.67 bits per heavy atom. The van der Waals surface area contributed by atoms with E-state index < -0.39 is 0 Å². The summed E-state index contributed by atoms with van der Waals surface area (Å²) in [6.07, 6.45) is 3.15. The predicted octanol–water partition coefficient (Wildman–Crippen LogP) is 3.00. The van der Waals surface area contributed by atoms with Crippen LogP contribution in [-0.2, 0) is 11.3 Å². The Morgan fingerprint density at radius 1 is 1.17 bits per heavy atom. The van der Waals surface area contributed by atoms with Crippen LogP contribution in [0.4, 0.5) is 5.69 Å². The molecular formula is C17H15ClN4O2. The molecule has 1 aromatic heterocycles. The van der Waals surface area contributed by atoms with E-state index in [0.29, 0.717) is 23.0 Å². The first-order valence-corrected chi connectivity index (χ1v) is 7.67. The standard InChI is InChI=1S/C17H15ClN4O2/c18-15-3-1-2-4-16(15)24-10-17(23)21-14-7-5-13(6-8-14)9-22-12-19-11-20-22/h1-8,11-12H,9-10H2,(H,21,23). The molecule has 1 N–H and O–H groups in total. The highest BCUT2D eigenvalue weighted by atomic mass is 35.5. The molecule has 1 amide bonds. The van der Waals surface area contributed by atoms with Gasteiger partial charge in [-0.1, -0.05) is 35.9 Å². The zero-order valence-corrected chi connectivity index (χ0v) is 13.5. The van der Waals surface area contributed by atoms with Crippen molar-refractivity contribution in [3.05, 3.63) is 71.8 Å². The monoisotopic (exact) mass is 342 g/mol. The molecule has 122 valence electrons. The van der Waals surface area contributed by atoms with Crippen LogP contribution in [0.2, 0.25) is 5.02 Å². The maximum absolute atomic E-state index is 11.9. The fourth-order valence-corrected chi connectivity index (χ4v) is 2.29. The lowest BCUT2D eigenvalue weighted by Crippen LogP contribution is -2.20. The Balaban J connectivity index is 1.52. The van der Waals surface area contributed by atoms with Gasteiger partial charge in [0.15, 0.2) is 6.61 Å². The summed E-state index contributed by atoms with van der Waals surface area (Å²) >= 11 is 5.98. The lowest BCUT2D eigenvalue weighted by atomic mass is 10.2. The van der Waals surface area contributed by atoms with Gasteiger partial charge in [0.2, 0.25) is 0 Å². The van der Waals surface area contributed by atoms with Gasteiger partial charge in [0.25, 0.3) is 5.91 Å². The topological polar surface area (TPSA) is 69.0 Å². The summed E-state index contributed by atoms with van der Waals surface area (Å²) in [7, 11) is 0. The number of anilines is 1. The third-order valence-corrected chi connectivity index (χ3v) is 3.56. The first-order valence-electron chi connectivity index (χ1n) is 7.29. The van der Waals surface area contributed by atoms with Gasteiger partial charge in [-0.25, -0.2) is 9.67 Å². The normalized spacial score (nSPS) is 10.4. The summed E-state index contributed by atoms with van der Waals surface area (Å²) in [4.78, 5) is 15.8. The molecule has 0 saturated heterocycles. The van der Waals surface area contributed by atoms with Crippen molar-refractivity contribution in [3.63, 3.8) is 0 Å². The van der Waals surface area contributed by atoms with Crippen molar-refractivity contribution in [1.29, 1.82) is 0 Å². The largest absolute Gasteiger partial charge is 0.482 e. The lowest BCUT2D eigenvalue weighted by Gasteiger charge is -2.09. The molecule has 7 heteroatoms.